The van der Waals surface area contributed by atoms with E-state index in [0.29, 0.717) is 32.1 Å². The number of hydrogen-bond acceptors (Lipinski definition) is 5. The highest BCUT2D eigenvalue weighted by atomic mass is 16.5. The average molecular weight is 268 g/mol. The van der Waals surface area contributed by atoms with Crippen LogP contribution in [-0.4, -0.2) is 45.9 Å². The first-order valence-corrected chi connectivity index (χ1v) is 6.06. The van der Waals surface area contributed by atoms with Gasteiger partial charge in [-0.2, -0.15) is 0 Å². The fourth-order valence-electron chi connectivity index (χ4n) is 1.41. The van der Waals surface area contributed by atoms with Crippen molar-refractivity contribution in [1.82, 2.24) is 5.32 Å². The molecule has 19 heavy (non-hydrogen) atoms. The highest BCUT2D eigenvalue weighted by Gasteiger charge is 2.01. The predicted octanol–water partition coefficient (Wildman–Crippen LogP) is 0.166. The van der Waals surface area contributed by atoms with Crippen LogP contribution < -0.4 is 20.5 Å². The predicted molar refractivity (Wildman–Crippen MR) is 71.4 cm³/mol. The fourth-order valence-corrected chi connectivity index (χ4v) is 1.41. The molecule has 0 aliphatic carbocycles. The lowest BCUT2D eigenvalue weighted by molar-refractivity contribution is -0.122. The molecule has 0 saturated heterocycles. The zero-order valence-corrected chi connectivity index (χ0v) is 11.1. The fraction of sp³-hybridized carbons (Fsp3) is 0.462. The number of rotatable bonds is 10. The van der Waals surface area contributed by atoms with Gasteiger partial charge in [0.1, 0.15) is 13.2 Å². The summed E-state index contributed by atoms with van der Waals surface area (Å²) in [5.41, 5.74) is 4.93. The lowest BCUT2D eigenvalue weighted by Gasteiger charge is -2.10. The van der Waals surface area contributed by atoms with E-state index in [1.807, 2.05) is 24.3 Å². The zero-order chi connectivity index (χ0) is 13.9. The van der Waals surface area contributed by atoms with Crippen LogP contribution in [0.25, 0.3) is 0 Å². The molecule has 0 bridgehead atoms. The summed E-state index contributed by atoms with van der Waals surface area (Å²) in [7, 11) is 1.61. The standard InChI is InChI=1S/C13H20N2O4/c1-17-11-4-2-3-5-12(11)19-9-7-15-6-8-18-10-13(14)16/h2-5,15H,6-10H2,1H3,(H2,14,16). The molecule has 0 spiro atoms. The molecule has 0 aromatic heterocycles. The van der Waals surface area contributed by atoms with Crippen molar-refractivity contribution >= 4 is 5.91 Å². The Morgan fingerprint density at radius 3 is 2.58 bits per heavy atom. The van der Waals surface area contributed by atoms with Gasteiger partial charge in [-0.15, -0.1) is 0 Å². The normalized spacial score (nSPS) is 10.2. The Labute approximate surface area is 112 Å². The summed E-state index contributed by atoms with van der Waals surface area (Å²) in [6, 6.07) is 7.48. The van der Waals surface area contributed by atoms with E-state index in [4.69, 9.17) is 19.9 Å². The van der Waals surface area contributed by atoms with Crippen molar-refractivity contribution in [3.63, 3.8) is 0 Å². The third-order valence-corrected chi connectivity index (χ3v) is 2.27. The first-order chi connectivity index (χ1) is 9.24. The molecule has 6 heteroatoms. The molecule has 106 valence electrons. The van der Waals surface area contributed by atoms with Gasteiger partial charge in [0.2, 0.25) is 5.91 Å². The molecular weight excluding hydrogens is 248 g/mol. The number of benzene rings is 1. The molecular formula is C13H20N2O4. The number of carbonyl (C=O) groups excluding carboxylic acids is 1. The van der Waals surface area contributed by atoms with Gasteiger partial charge in [0.15, 0.2) is 11.5 Å². The lowest BCUT2D eigenvalue weighted by atomic mass is 10.3. The van der Waals surface area contributed by atoms with Crippen LogP contribution >= 0.6 is 0 Å². The maximum Gasteiger partial charge on any atom is 0.243 e. The van der Waals surface area contributed by atoms with Crippen molar-refractivity contribution in [3.05, 3.63) is 24.3 Å². The third-order valence-electron chi connectivity index (χ3n) is 2.27. The van der Waals surface area contributed by atoms with Gasteiger partial charge in [-0.1, -0.05) is 12.1 Å². The summed E-state index contributed by atoms with van der Waals surface area (Å²) in [5.74, 6) is 0.976. The van der Waals surface area contributed by atoms with Gasteiger partial charge in [0.05, 0.1) is 13.7 Å². The van der Waals surface area contributed by atoms with Crippen LogP contribution in [0.1, 0.15) is 0 Å². The van der Waals surface area contributed by atoms with Crippen molar-refractivity contribution in [2.75, 3.05) is 40.0 Å². The first-order valence-electron chi connectivity index (χ1n) is 6.06. The molecule has 0 saturated carbocycles. The molecule has 1 amide bonds. The summed E-state index contributed by atoms with van der Waals surface area (Å²) in [6.07, 6.45) is 0. The van der Waals surface area contributed by atoms with Crippen LogP contribution in [0.3, 0.4) is 0 Å². The minimum Gasteiger partial charge on any atom is -0.493 e. The van der Waals surface area contributed by atoms with E-state index >= 15 is 0 Å². The number of para-hydroxylation sites is 2. The van der Waals surface area contributed by atoms with Crippen LogP contribution in [0.5, 0.6) is 11.5 Å². The first kappa shape index (κ1) is 15.3. The van der Waals surface area contributed by atoms with E-state index in [2.05, 4.69) is 5.32 Å². The van der Waals surface area contributed by atoms with Crippen molar-refractivity contribution in [2.45, 2.75) is 0 Å². The highest BCUT2D eigenvalue weighted by Crippen LogP contribution is 2.25. The van der Waals surface area contributed by atoms with Gasteiger partial charge in [-0.25, -0.2) is 0 Å². The molecule has 0 atom stereocenters. The minimum absolute atomic E-state index is 0.0423. The number of carbonyl (C=O) groups is 1. The Kier molecular flexibility index (Phi) is 7.38. The molecule has 0 heterocycles. The molecule has 1 aromatic rings. The van der Waals surface area contributed by atoms with Crippen LogP contribution in [0.15, 0.2) is 24.3 Å². The molecule has 0 aliphatic heterocycles. The van der Waals surface area contributed by atoms with E-state index in [1.54, 1.807) is 7.11 Å². The Morgan fingerprint density at radius 2 is 1.89 bits per heavy atom. The molecule has 0 fully saturated rings. The molecule has 3 N–H and O–H groups in total. The highest BCUT2D eigenvalue weighted by molar-refractivity contribution is 5.74. The second-order valence-corrected chi connectivity index (χ2v) is 3.77. The Bertz CT molecular complexity index is 385. The topological polar surface area (TPSA) is 82.8 Å². The van der Waals surface area contributed by atoms with Crippen molar-refractivity contribution in [1.29, 1.82) is 0 Å². The van der Waals surface area contributed by atoms with Gasteiger partial charge in [0.25, 0.3) is 0 Å². The van der Waals surface area contributed by atoms with E-state index in [0.717, 1.165) is 5.75 Å². The molecule has 0 radical (unpaired) electrons. The summed E-state index contributed by atoms with van der Waals surface area (Å²) in [4.78, 5) is 10.4. The maximum atomic E-state index is 10.4. The van der Waals surface area contributed by atoms with Crippen LogP contribution in [0.2, 0.25) is 0 Å². The number of ether oxygens (including phenoxy) is 3. The van der Waals surface area contributed by atoms with Crippen LogP contribution in [0, 0.1) is 0 Å². The zero-order valence-electron chi connectivity index (χ0n) is 11.1. The Hall–Kier alpha value is -1.79. The van der Waals surface area contributed by atoms with Gasteiger partial charge >= 0.3 is 0 Å². The van der Waals surface area contributed by atoms with Gasteiger partial charge in [-0.05, 0) is 12.1 Å². The Morgan fingerprint density at radius 1 is 1.21 bits per heavy atom. The van der Waals surface area contributed by atoms with E-state index in [1.165, 1.54) is 0 Å². The second kappa shape index (κ2) is 9.18. The summed E-state index contributed by atoms with van der Waals surface area (Å²) in [6.45, 7) is 2.24. The van der Waals surface area contributed by atoms with Crippen LogP contribution in [0.4, 0.5) is 0 Å². The number of hydrogen-bond donors (Lipinski definition) is 2. The van der Waals surface area contributed by atoms with Crippen molar-refractivity contribution in [2.24, 2.45) is 5.73 Å². The van der Waals surface area contributed by atoms with Crippen molar-refractivity contribution < 1.29 is 19.0 Å². The van der Waals surface area contributed by atoms with Gasteiger partial charge in [0, 0.05) is 13.1 Å². The van der Waals surface area contributed by atoms with Gasteiger partial charge in [-0.3, -0.25) is 4.79 Å². The summed E-state index contributed by atoms with van der Waals surface area (Å²) >= 11 is 0. The monoisotopic (exact) mass is 268 g/mol. The number of amides is 1. The molecule has 1 aromatic carbocycles. The SMILES string of the molecule is COc1ccccc1OCCNCCOCC(N)=O. The average Bonchev–Trinajstić information content (AvgIpc) is 2.42. The largest absolute Gasteiger partial charge is 0.493 e. The molecule has 6 nitrogen and oxygen atoms in total. The van der Waals surface area contributed by atoms with E-state index in [-0.39, 0.29) is 6.61 Å². The molecule has 1 rings (SSSR count). The van der Waals surface area contributed by atoms with Crippen molar-refractivity contribution in [3.8, 4) is 11.5 Å². The lowest BCUT2D eigenvalue weighted by Crippen LogP contribution is -2.27. The second-order valence-electron chi connectivity index (χ2n) is 3.77. The van der Waals surface area contributed by atoms with E-state index in [9.17, 15) is 4.79 Å². The Balaban J connectivity index is 2.06. The number of nitrogens with two attached hydrogens (primary N) is 1. The summed E-state index contributed by atoms with van der Waals surface area (Å²) < 4.78 is 15.7. The number of primary amides is 1. The maximum absolute atomic E-state index is 10.4. The molecule has 0 aliphatic rings. The third kappa shape index (κ3) is 6.64. The minimum atomic E-state index is -0.459. The van der Waals surface area contributed by atoms with Crippen LogP contribution in [-0.2, 0) is 9.53 Å². The summed E-state index contributed by atoms with van der Waals surface area (Å²) in [5, 5.41) is 3.12. The molecule has 0 unspecified atom stereocenters. The smallest absolute Gasteiger partial charge is 0.243 e. The number of nitrogens with one attached hydrogen (secondary N) is 1. The van der Waals surface area contributed by atoms with Gasteiger partial charge < -0.3 is 25.3 Å². The quantitative estimate of drug-likeness (QED) is 0.591. The van der Waals surface area contributed by atoms with E-state index < -0.39 is 5.91 Å². The number of methoxy groups -OCH3 is 1.